The van der Waals surface area contributed by atoms with Gasteiger partial charge in [-0.2, -0.15) is 0 Å². The fourth-order valence-corrected chi connectivity index (χ4v) is 0.616. The minimum absolute atomic E-state index is 0.487. The van der Waals surface area contributed by atoms with E-state index < -0.39 is 0 Å². The number of halogens is 1. The summed E-state index contributed by atoms with van der Waals surface area (Å²) in [5.74, 6) is 1.02. The second-order valence-electron chi connectivity index (χ2n) is 2.59. The molecule has 2 nitrogen and oxygen atoms in total. The van der Waals surface area contributed by atoms with Crippen LogP contribution < -0.4 is 0 Å². The average molecular weight is 188 g/mol. The van der Waals surface area contributed by atoms with Crippen LogP contribution in [0, 0.1) is 0 Å². The molecule has 0 fully saturated rings. The van der Waals surface area contributed by atoms with Crippen LogP contribution in [0.5, 0.6) is 0 Å². The summed E-state index contributed by atoms with van der Waals surface area (Å²) in [5, 5.41) is 0.631. The quantitative estimate of drug-likeness (QED) is 0.496. The molecule has 0 heterocycles. The maximum absolute atomic E-state index is 5.61. The lowest BCUT2D eigenvalue weighted by molar-refractivity contribution is 0.218. The number of ether oxygens (including phenoxy) is 1. The maximum Gasteiger partial charge on any atom is 0.188 e. The van der Waals surface area contributed by atoms with E-state index in [0.29, 0.717) is 16.7 Å². The highest BCUT2D eigenvalue weighted by atomic mass is 35.5. The molecule has 3 heteroatoms. The summed E-state index contributed by atoms with van der Waals surface area (Å²) in [7, 11) is 3.68. The number of nitrogens with zero attached hydrogens (tertiary/aromatic N) is 1. The molecular formula is C9H14ClNO. The summed E-state index contributed by atoms with van der Waals surface area (Å²) in [6.07, 6.45) is 1.64. The van der Waals surface area contributed by atoms with E-state index in [1.54, 1.807) is 17.9 Å². The molecule has 0 bridgehead atoms. The van der Waals surface area contributed by atoms with Crippen molar-refractivity contribution in [2.24, 2.45) is 0 Å². The summed E-state index contributed by atoms with van der Waals surface area (Å²) >= 11 is 5.61. The molecule has 0 atom stereocenters. The lowest BCUT2D eigenvalue weighted by Crippen LogP contribution is -2.11. The van der Waals surface area contributed by atoms with Crippen molar-refractivity contribution in [1.82, 2.24) is 4.90 Å². The first kappa shape index (κ1) is 11.1. The van der Waals surface area contributed by atoms with Crippen LogP contribution in [0.1, 0.15) is 6.92 Å². The first-order valence-electron chi connectivity index (χ1n) is 3.50. The molecule has 0 amide bonds. The van der Waals surface area contributed by atoms with Crippen molar-refractivity contribution < 1.29 is 4.74 Å². The van der Waals surface area contributed by atoms with Gasteiger partial charge in [-0.25, -0.2) is 0 Å². The summed E-state index contributed by atoms with van der Waals surface area (Å²) in [6, 6.07) is 0. The normalized spacial score (nSPS) is 10.8. The maximum atomic E-state index is 5.61. The zero-order valence-electron chi connectivity index (χ0n) is 7.72. The topological polar surface area (TPSA) is 12.5 Å². The summed E-state index contributed by atoms with van der Waals surface area (Å²) in [5.41, 5.74) is 0. The van der Waals surface area contributed by atoms with Gasteiger partial charge in [-0.05, 0) is 19.6 Å². The Morgan fingerprint density at radius 2 is 1.92 bits per heavy atom. The van der Waals surface area contributed by atoms with Gasteiger partial charge in [0.25, 0.3) is 0 Å². The zero-order chi connectivity index (χ0) is 9.72. The molecule has 0 aromatic carbocycles. The van der Waals surface area contributed by atoms with Gasteiger partial charge in [0.15, 0.2) is 5.88 Å². The van der Waals surface area contributed by atoms with Crippen LogP contribution in [-0.4, -0.2) is 19.0 Å². The third-order valence-electron chi connectivity index (χ3n) is 1.11. The van der Waals surface area contributed by atoms with Crippen molar-refractivity contribution in [1.29, 1.82) is 0 Å². The Kier molecular flexibility index (Phi) is 4.52. The average Bonchev–Trinajstić information content (AvgIpc) is 1.84. The lowest BCUT2D eigenvalue weighted by Gasteiger charge is -2.15. The SMILES string of the molecule is C=C(/C=C(\C)Cl)OC(=C)N(C)C. The summed E-state index contributed by atoms with van der Waals surface area (Å²) < 4.78 is 5.20. The molecule has 0 aromatic heterocycles. The van der Waals surface area contributed by atoms with E-state index in [1.807, 2.05) is 14.1 Å². The smallest absolute Gasteiger partial charge is 0.188 e. The Labute approximate surface area is 78.8 Å². The highest BCUT2D eigenvalue weighted by Crippen LogP contribution is 2.09. The third-order valence-corrected chi connectivity index (χ3v) is 1.22. The van der Waals surface area contributed by atoms with Crippen LogP contribution in [0.2, 0.25) is 0 Å². The number of hydrogen-bond donors (Lipinski definition) is 0. The van der Waals surface area contributed by atoms with Gasteiger partial charge >= 0.3 is 0 Å². The van der Waals surface area contributed by atoms with Crippen molar-refractivity contribution in [3.05, 3.63) is 35.9 Å². The van der Waals surface area contributed by atoms with Gasteiger partial charge in [-0.1, -0.05) is 18.2 Å². The van der Waals surface area contributed by atoms with E-state index >= 15 is 0 Å². The largest absolute Gasteiger partial charge is 0.442 e. The fraction of sp³-hybridized carbons (Fsp3) is 0.333. The molecule has 0 rings (SSSR count). The molecule has 0 saturated heterocycles. The number of allylic oxidation sites excluding steroid dienone is 2. The molecule has 0 aliphatic rings. The molecule has 0 N–H and O–H groups in total. The van der Waals surface area contributed by atoms with Gasteiger partial charge in [0.05, 0.1) is 0 Å². The van der Waals surface area contributed by atoms with Crippen LogP contribution in [-0.2, 0) is 4.74 Å². The van der Waals surface area contributed by atoms with E-state index in [4.69, 9.17) is 16.3 Å². The van der Waals surface area contributed by atoms with Crippen LogP contribution in [0.4, 0.5) is 0 Å². The summed E-state index contributed by atoms with van der Waals surface area (Å²) in [6.45, 7) is 9.08. The van der Waals surface area contributed by atoms with E-state index in [0.717, 1.165) is 0 Å². The van der Waals surface area contributed by atoms with Gasteiger partial charge in [0.1, 0.15) is 5.76 Å². The Bertz CT molecular complexity index is 215. The molecule has 0 saturated carbocycles. The second-order valence-corrected chi connectivity index (χ2v) is 3.18. The highest BCUT2D eigenvalue weighted by Gasteiger charge is 1.98. The third kappa shape index (κ3) is 4.85. The Morgan fingerprint density at radius 3 is 2.25 bits per heavy atom. The molecule has 0 radical (unpaired) electrons. The van der Waals surface area contributed by atoms with Crippen molar-refractivity contribution in [2.45, 2.75) is 6.92 Å². The molecule has 12 heavy (non-hydrogen) atoms. The number of hydrogen-bond acceptors (Lipinski definition) is 2. The zero-order valence-corrected chi connectivity index (χ0v) is 8.48. The molecule has 0 spiro atoms. The van der Waals surface area contributed by atoms with Crippen molar-refractivity contribution >= 4 is 11.6 Å². The second kappa shape index (κ2) is 4.88. The first-order valence-corrected chi connectivity index (χ1v) is 3.88. The van der Waals surface area contributed by atoms with Gasteiger partial charge in [-0.3, -0.25) is 0 Å². The Hall–Kier alpha value is -0.890. The predicted molar refractivity (Wildman–Crippen MR) is 52.7 cm³/mol. The first-order chi connectivity index (χ1) is 5.43. The van der Waals surface area contributed by atoms with Crippen LogP contribution in [0.3, 0.4) is 0 Å². The van der Waals surface area contributed by atoms with E-state index in [9.17, 15) is 0 Å². The van der Waals surface area contributed by atoms with Gasteiger partial charge in [0.2, 0.25) is 0 Å². The molecule has 0 aromatic rings. The minimum atomic E-state index is 0.487. The van der Waals surface area contributed by atoms with Crippen molar-refractivity contribution in [2.75, 3.05) is 14.1 Å². The monoisotopic (exact) mass is 187 g/mol. The Morgan fingerprint density at radius 1 is 1.42 bits per heavy atom. The molecule has 0 aliphatic carbocycles. The van der Waals surface area contributed by atoms with Gasteiger partial charge in [-0.15, -0.1) is 0 Å². The van der Waals surface area contributed by atoms with Crippen LogP contribution >= 0.6 is 11.6 Å². The molecular weight excluding hydrogens is 174 g/mol. The van der Waals surface area contributed by atoms with Gasteiger partial charge < -0.3 is 9.64 Å². The van der Waals surface area contributed by atoms with Crippen molar-refractivity contribution in [3.63, 3.8) is 0 Å². The predicted octanol–water partition coefficient (Wildman–Crippen LogP) is 2.69. The summed E-state index contributed by atoms with van der Waals surface area (Å²) in [4.78, 5) is 1.75. The van der Waals surface area contributed by atoms with Crippen LogP contribution in [0.15, 0.2) is 35.9 Å². The highest BCUT2D eigenvalue weighted by molar-refractivity contribution is 6.29. The van der Waals surface area contributed by atoms with Crippen LogP contribution in [0.25, 0.3) is 0 Å². The molecule has 0 aliphatic heterocycles. The van der Waals surface area contributed by atoms with E-state index in [2.05, 4.69) is 13.2 Å². The standard InChI is InChI=1S/C9H14ClNO/c1-7(10)6-8(2)12-9(3)11(4)5/h6H,2-3H2,1,4-5H3/b7-6+. The lowest BCUT2D eigenvalue weighted by atomic mass is 10.5. The van der Waals surface area contributed by atoms with Gasteiger partial charge in [0, 0.05) is 19.1 Å². The molecule has 0 unspecified atom stereocenters. The Balaban J connectivity index is 4.03. The fourth-order valence-electron chi connectivity index (χ4n) is 0.494. The van der Waals surface area contributed by atoms with Crippen molar-refractivity contribution in [3.8, 4) is 0 Å². The minimum Gasteiger partial charge on any atom is -0.442 e. The number of rotatable bonds is 4. The van der Waals surface area contributed by atoms with E-state index in [-0.39, 0.29) is 0 Å². The molecule has 68 valence electrons. The van der Waals surface area contributed by atoms with E-state index in [1.165, 1.54) is 0 Å².